The fourth-order valence-electron chi connectivity index (χ4n) is 2.91. The predicted molar refractivity (Wildman–Crippen MR) is 99.9 cm³/mol. The highest BCUT2D eigenvalue weighted by molar-refractivity contribution is 8.01. The number of nitrogens with one attached hydrogen (secondary N) is 2. The van der Waals surface area contributed by atoms with Crippen LogP contribution in [-0.4, -0.2) is 27.9 Å². The lowest BCUT2D eigenvalue weighted by molar-refractivity contribution is -0.119. The lowest BCUT2D eigenvalue weighted by Gasteiger charge is -2.29. The number of hydrogen-bond donors (Lipinski definition) is 2. The van der Waals surface area contributed by atoms with Crippen molar-refractivity contribution >= 4 is 39.8 Å². The molecule has 1 heterocycles. The zero-order valence-electron chi connectivity index (χ0n) is 14.0. The maximum absolute atomic E-state index is 13.2. The van der Waals surface area contributed by atoms with Gasteiger partial charge in [-0.25, -0.2) is 4.39 Å². The molecule has 0 bridgehead atoms. The first kappa shape index (κ1) is 18.1. The van der Waals surface area contributed by atoms with Crippen LogP contribution >= 0.6 is 23.1 Å². The molecule has 8 heteroatoms. The van der Waals surface area contributed by atoms with Crippen molar-refractivity contribution < 1.29 is 9.18 Å². The Bertz CT molecular complexity index is 724. The normalized spacial score (nSPS) is 20.2. The molecule has 25 heavy (non-hydrogen) atoms. The van der Waals surface area contributed by atoms with Gasteiger partial charge >= 0.3 is 0 Å². The Morgan fingerprint density at radius 3 is 3.00 bits per heavy atom. The molecule has 2 N–H and O–H groups in total. The fraction of sp³-hybridized carbons (Fsp3) is 0.471. The average Bonchev–Trinajstić information content (AvgIpc) is 3.03. The monoisotopic (exact) mass is 380 g/mol. The van der Waals surface area contributed by atoms with Crippen LogP contribution in [0.15, 0.2) is 28.6 Å². The Hall–Kier alpha value is -1.67. The van der Waals surface area contributed by atoms with Crippen molar-refractivity contribution in [2.45, 2.75) is 43.0 Å². The van der Waals surface area contributed by atoms with Gasteiger partial charge in [-0.3, -0.25) is 4.79 Å². The molecule has 2 aromatic rings. The molecule has 5 nitrogen and oxygen atoms in total. The van der Waals surface area contributed by atoms with Crippen molar-refractivity contribution in [2.24, 2.45) is 5.92 Å². The van der Waals surface area contributed by atoms with E-state index in [-0.39, 0.29) is 11.7 Å². The van der Waals surface area contributed by atoms with E-state index in [0.717, 1.165) is 6.42 Å². The number of carbonyl (C=O) groups is 1. The van der Waals surface area contributed by atoms with Crippen LogP contribution in [0.25, 0.3) is 0 Å². The van der Waals surface area contributed by atoms with Gasteiger partial charge in [-0.2, -0.15) is 0 Å². The van der Waals surface area contributed by atoms with E-state index in [4.69, 9.17) is 0 Å². The van der Waals surface area contributed by atoms with Crippen LogP contribution < -0.4 is 10.6 Å². The van der Waals surface area contributed by atoms with E-state index in [2.05, 4.69) is 27.8 Å². The van der Waals surface area contributed by atoms with Crippen LogP contribution in [0, 0.1) is 11.7 Å². The molecule has 1 aliphatic carbocycles. The number of amides is 1. The summed E-state index contributed by atoms with van der Waals surface area (Å²) in [6.45, 7) is 2.20. The Morgan fingerprint density at radius 1 is 1.36 bits per heavy atom. The van der Waals surface area contributed by atoms with Crippen molar-refractivity contribution in [3.05, 3.63) is 30.1 Å². The van der Waals surface area contributed by atoms with Crippen LogP contribution in [0.2, 0.25) is 0 Å². The maximum atomic E-state index is 13.2. The van der Waals surface area contributed by atoms with Gasteiger partial charge in [0.15, 0.2) is 4.34 Å². The van der Waals surface area contributed by atoms with Gasteiger partial charge in [0.05, 0.1) is 5.75 Å². The molecular weight excluding hydrogens is 359 g/mol. The Balaban J connectivity index is 1.47. The van der Waals surface area contributed by atoms with Gasteiger partial charge in [-0.05, 0) is 37.0 Å². The van der Waals surface area contributed by atoms with Gasteiger partial charge in [0.2, 0.25) is 11.0 Å². The van der Waals surface area contributed by atoms with Crippen LogP contribution in [0.3, 0.4) is 0 Å². The topological polar surface area (TPSA) is 66.9 Å². The highest BCUT2D eigenvalue weighted by Crippen LogP contribution is 2.28. The molecule has 1 aromatic heterocycles. The maximum Gasteiger partial charge on any atom is 0.230 e. The molecule has 0 saturated heterocycles. The highest BCUT2D eigenvalue weighted by atomic mass is 32.2. The van der Waals surface area contributed by atoms with Crippen LogP contribution in [0.1, 0.15) is 32.6 Å². The van der Waals surface area contributed by atoms with Crippen LogP contribution in [0.4, 0.5) is 15.2 Å². The van der Waals surface area contributed by atoms with E-state index in [1.54, 1.807) is 12.1 Å². The fourth-order valence-corrected chi connectivity index (χ4v) is 4.50. The minimum Gasteiger partial charge on any atom is -0.352 e. The Kier molecular flexibility index (Phi) is 6.25. The molecule has 0 unspecified atom stereocenters. The van der Waals surface area contributed by atoms with Crippen LogP contribution in [0.5, 0.6) is 0 Å². The van der Waals surface area contributed by atoms with E-state index in [9.17, 15) is 9.18 Å². The van der Waals surface area contributed by atoms with Gasteiger partial charge in [-0.15, -0.1) is 10.2 Å². The number of aromatic nitrogens is 2. The third-order valence-electron chi connectivity index (χ3n) is 4.27. The first-order valence-electron chi connectivity index (χ1n) is 8.38. The molecule has 1 fully saturated rings. The minimum absolute atomic E-state index is 0.0404. The number of thioether (sulfide) groups is 1. The van der Waals surface area contributed by atoms with E-state index >= 15 is 0 Å². The Labute approximate surface area is 154 Å². The zero-order valence-corrected chi connectivity index (χ0v) is 15.6. The highest BCUT2D eigenvalue weighted by Gasteiger charge is 2.22. The van der Waals surface area contributed by atoms with Crippen LogP contribution in [-0.2, 0) is 4.79 Å². The van der Waals surface area contributed by atoms with E-state index in [0.29, 0.717) is 32.9 Å². The summed E-state index contributed by atoms with van der Waals surface area (Å²) in [7, 11) is 0. The number of carbonyl (C=O) groups excluding carboxylic acids is 1. The number of nitrogens with zero attached hydrogens (tertiary/aromatic N) is 2. The summed E-state index contributed by atoms with van der Waals surface area (Å²) in [6.07, 6.45) is 4.70. The van der Waals surface area contributed by atoms with Gasteiger partial charge in [0.25, 0.3) is 0 Å². The van der Waals surface area contributed by atoms with Gasteiger partial charge < -0.3 is 10.6 Å². The molecule has 0 aliphatic heterocycles. The SMILES string of the molecule is C[C@H]1CCCC[C@H]1NC(=O)CSc1nnc(Nc2cccc(F)c2)s1. The summed E-state index contributed by atoms with van der Waals surface area (Å²) < 4.78 is 13.9. The van der Waals surface area contributed by atoms with E-state index in [1.165, 1.54) is 54.5 Å². The molecule has 1 amide bonds. The van der Waals surface area contributed by atoms with Gasteiger partial charge in [0, 0.05) is 11.7 Å². The van der Waals surface area contributed by atoms with Gasteiger partial charge in [0.1, 0.15) is 5.82 Å². The average molecular weight is 381 g/mol. The third-order valence-corrected chi connectivity index (χ3v) is 6.24. The standard InChI is InChI=1S/C17H21FN4OS2/c1-11-5-2-3-8-14(11)20-15(23)10-24-17-22-21-16(25-17)19-13-7-4-6-12(18)9-13/h4,6-7,9,11,14H,2-3,5,8,10H2,1H3,(H,19,21)(H,20,23)/t11-,14+/m0/s1. The number of anilines is 2. The van der Waals surface area contributed by atoms with Gasteiger partial charge in [-0.1, -0.05) is 48.9 Å². The summed E-state index contributed by atoms with van der Waals surface area (Å²) >= 11 is 2.72. The zero-order chi connectivity index (χ0) is 17.6. The van der Waals surface area contributed by atoms with E-state index in [1.807, 2.05) is 0 Å². The molecule has 0 spiro atoms. The lowest BCUT2D eigenvalue weighted by atomic mass is 9.86. The second-order valence-corrected chi connectivity index (χ2v) is 8.43. The van der Waals surface area contributed by atoms with Crippen molar-refractivity contribution in [2.75, 3.05) is 11.1 Å². The summed E-state index contributed by atoms with van der Waals surface area (Å²) in [5.74, 6) is 0.611. The number of benzene rings is 1. The lowest BCUT2D eigenvalue weighted by Crippen LogP contribution is -2.41. The second-order valence-electron chi connectivity index (χ2n) is 6.23. The predicted octanol–water partition coefficient (Wildman–Crippen LogP) is 4.21. The number of rotatable bonds is 6. The second kappa shape index (κ2) is 8.62. The third kappa shape index (κ3) is 5.40. The molecule has 1 aliphatic rings. The van der Waals surface area contributed by atoms with E-state index < -0.39 is 0 Å². The summed E-state index contributed by atoms with van der Waals surface area (Å²) in [5.41, 5.74) is 0.622. The molecule has 2 atom stereocenters. The summed E-state index contributed by atoms with van der Waals surface area (Å²) in [4.78, 5) is 12.1. The summed E-state index contributed by atoms with van der Waals surface area (Å²) in [6, 6.07) is 6.47. The van der Waals surface area contributed by atoms with Crippen molar-refractivity contribution in [3.63, 3.8) is 0 Å². The molecule has 0 radical (unpaired) electrons. The molecule has 1 aromatic carbocycles. The summed E-state index contributed by atoms with van der Waals surface area (Å²) in [5, 5.41) is 14.8. The first-order valence-corrected chi connectivity index (χ1v) is 10.2. The quantitative estimate of drug-likeness (QED) is 0.735. The molecule has 134 valence electrons. The number of hydrogen-bond acceptors (Lipinski definition) is 6. The largest absolute Gasteiger partial charge is 0.352 e. The van der Waals surface area contributed by atoms with Crippen molar-refractivity contribution in [1.29, 1.82) is 0 Å². The minimum atomic E-state index is -0.308. The van der Waals surface area contributed by atoms with Crippen molar-refractivity contribution in [3.8, 4) is 0 Å². The molecule has 1 saturated carbocycles. The molecule has 3 rings (SSSR count). The number of halogens is 1. The smallest absolute Gasteiger partial charge is 0.230 e. The van der Waals surface area contributed by atoms with Crippen molar-refractivity contribution in [1.82, 2.24) is 15.5 Å². The molecular formula is C17H21FN4OS2. The Morgan fingerprint density at radius 2 is 2.20 bits per heavy atom. The first-order chi connectivity index (χ1) is 12.1.